The molecular weight excluding hydrogens is 491 g/mol. The second-order valence-corrected chi connectivity index (χ2v) is 8.28. The van der Waals surface area contributed by atoms with Crippen molar-refractivity contribution in [2.45, 2.75) is 31.3 Å². The number of hydrogen-bond donors (Lipinski definition) is 2. The second-order valence-electron chi connectivity index (χ2n) is 6.29. The summed E-state index contributed by atoms with van der Waals surface area (Å²) in [4.78, 5) is 4.54. The summed E-state index contributed by atoms with van der Waals surface area (Å²) in [5.74, 6) is 0.912. The maximum atomic E-state index is 12.5. The van der Waals surface area contributed by atoms with Gasteiger partial charge in [0.1, 0.15) is 5.75 Å². The van der Waals surface area contributed by atoms with Gasteiger partial charge in [-0.2, -0.15) is 4.31 Å². The van der Waals surface area contributed by atoms with E-state index < -0.39 is 10.0 Å². The minimum atomic E-state index is -3.49. The van der Waals surface area contributed by atoms with Gasteiger partial charge in [-0.1, -0.05) is 24.3 Å². The van der Waals surface area contributed by atoms with Gasteiger partial charge < -0.3 is 15.8 Å². The van der Waals surface area contributed by atoms with Gasteiger partial charge in [-0.3, -0.25) is 0 Å². The van der Waals surface area contributed by atoms with Gasteiger partial charge in [-0.25, -0.2) is 13.4 Å². The first-order valence-electron chi connectivity index (χ1n) is 8.52. The fraction of sp³-hybridized carbons (Fsp3) is 0.316. The number of hydrogen-bond acceptors (Lipinski definition) is 4. The SMILES string of the molecule is COc1ccccc1NC(N)=NCc1ccc(S(=O)(=O)N(C)C(C)C)cc1.I. The molecule has 0 atom stereocenters. The highest BCUT2D eigenvalue weighted by Gasteiger charge is 2.22. The summed E-state index contributed by atoms with van der Waals surface area (Å²) in [7, 11) is -0.333. The number of halogens is 1. The first-order chi connectivity index (χ1) is 12.8. The Balaban J connectivity index is 0.00000392. The molecule has 2 aromatic rings. The predicted octanol–water partition coefficient (Wildman–Crippen LogP) is 3.27. The van der Waals surface area contributed by atoms with Crippen LogP contribution in [0, 0.1) is 0 Å². The number of guanidine groups is 1. The Labute approximate surface area is 184 Å². The average Bonchev–Trinajstić information content (AvgIpc) is 2.66. The van der Waals surface area contributed by atoms with Gasteiger partial charge in [0.25, 0.3) is 0 Å². The molecular formula is C19H27IN4O3S. The van der Waals surface area contributed by atoms with Crippen molar-refractivity contribution in [1.29, 1.82) is 0 Å². The van der Waals surface area contributed by atoms with E-state index in [0.717, 1.165) is 11.3 Å². The lowest BCUT2D eigenvalue weighted by Crippen LogP contribution is -2.33. The number of benzene rings is 2. The van der Waals surface area contributed by atoms with E-state index in [4.69, 9.17) is 10.5 Å². The maximum Gasteiger partial charge on any atom is 0.243 e. The fourth-order valence-electron chi connectivity index (χ4n) is 2.31. The molecule has 0 fully saturated rings. The Kier molecular flexibility index (Phi) is 9.18. The van der Waals surface area contributed by atoms with E-state index in [1.807, 2.05) is 38.1 Å². The van der Waals surface area contributed by atoms with Crippen LogP contribution < -0.4 is 15.8 Å². The molecule has 0 aromatic heterocycles. The van der Waals surface area contributed by atoms with Crippen molar-refractivity contribution in [3.05, 3.63) is 54.1 Å². The molecule has 0 saturated carbocycles. The van der Waals surface area contributed by atoms with Gasteiger partial charge >= 0.3 is 0 Å². The van der Waals surface area contributed by atoms with Crippen LogP contribution >= 0.6 is 24.0 Å². The Bertz CT molecular complexity index is 900. The number of aliphatic imine (C=N–C) groups is 1. The standard InChI is InChI=1S/C19H26N4O3S.HI/c1-14(2)23(3)27(24,25)16-11-9-15(10-12-16)13-21-19(20)22-17-7-5-6-8-18(17)26-4;/h5-12,14H,13H2,1-4H3,(H3,20,21,22);1H. The molecule has 0 aliphatic heterocycles. The van der Waals surface area contributed by atoms with E-state index in [9.17, 15) is 8.42 Å². The summed E-state index contributed by atoms with van der Waals surface area (Å²) in [6, 6.07) is 13.9. The largest absolute Gasteiger partial charge is 0.495 e. The molecule has 0 bridgehead atoms. The van der Waals surface area contributed by atoms with E-state index in [-0.39, 0.29) is 40.9 Å². The van der Waals surface area contributed by atoms with E-state index >= 15 is 0 Å². The molecule has 28 heavy (non-hydrogen) atoms. The van der Waals surface area contributed by atoms with E-state index in [1.54, 1.807) is 38.4 Å². The highest BCUT2D eigenvalue weighted by Crippen LogP contribution is 2.22. The smallest absolute Gasteiger partial charge is 0.243 e. The number of rotatable bonds is 7. The molecule has 2 aromatic carbocycles. The normalized spacial score (nSPS) is 12.0. The highest BCUT2D eigenvalue weighted by atomic mass is 127. The van der Waals surface area contributed by atoms with Crippen molar-refractivity contribution in [3.63, 3.8) is 0 Å². The van der Waals surface area contributed by atoms with Crippen LogP contribution in [0.1, 0.15) is 19.4 Å². The Hall–Kier alpha value is -1.85. The third kappa shape index (κ3) is 6.08. The van der Waals surface area contributed by atoms with Crippen LogP contribution in [-0.4, -0.2) is 38.9 Å². The molecule has 0 amide bonds. The minimum absolute atomic E-state index is 0. The number of nitrogens with one attached hydrogen (secondary N) is 1. The summed E-state index contributed by atoms with van der Waals surface area (Å²) in [6.45, 7) is 3.99. The number of para-hydroxylation sites is 2. The van der Waals surface area contributed by atoms with E-state index in [0.29, 0.717) is 12.3 Å². The van der Waals surface area contributed by atoms with Crippen molar-refractivity contribution in [3.8, 4) is 5.75 Å². The highest BCUT2D eigenvalue weighted by molar-refractivity contribution is 14.0. The maximum absolute atomic E-state index is 12.5. The van der Waals surface area contributed by atoms with Gasteiger partial charge in [-0.15, -0.1) is 24.0 Å². The van der Waals surface area contributed by atoms with Crippen LogP contribution in [0.25, 0.3) is 0 Å². The third-order valence-electron chi connectivity index (χ3n) is 4.13. The number of nitrogens with zero attached hydrogens (tertiary/aromatic N) is 2. The summed E-state index contributed by atoms with van der Waals surface area (Å²) >= 11 is 0. The fourth-order valence-corrected chi connectivity index (χ4v) is 3.68. The molecule has 9 heteroatoms. The number of ether oxygens (including phenoxy) is 1. The molecule has 0 saturated heterocycles. The lowest BCUT2D eigenvalue weighted by atomic mass is 10.2. The number of sulfonamides is 1. The van der Waals surface area contributed by atoms with Gasteiger partial charge in [-0.05, 0) is 43.7 Å². The zero-order chi connectivity index (χ0) is 20.0. The minimum Gasteiger partial charge on any atom is -0.495 e. The first kappa shape index (κ1) is 24.2. The zero-order valence-corrected chi connectivity index (χ0v) is 19.6. The van der Waals surface area contributed by atoms with Crippen LogP contribution in [0.2, 0.25) is 0 Å². The molecule has 0 aliphatic rings. The molecule has 0 unspecified atom stereocenters. The molecule has 2 rings (SSSR count). The average molecular weight is 518 g/mol. The lowest BCUT2D eigenvalue weighted by molar-refractivity contribution is 0.410. The molecule has 0 spiro atoms. The molecule has 0 aliphatic carbocycles. The molecule has 3 N–H and O–H groups in total. The molecule has 7 nitrogen and oxygen atoms in total. The van der Waals surface area contributed by atoms with Gasteiger partial charge in [0.2, 0.25) is 10.0 Å². The van der Waals surface area contributed by atoms with Crippen LogP contribution in [0.15, 0.2) is 58.4 Å². The summed E-state index contributed by atoms with van der Waals surface area (Å²) < 4.78 is 31.5. The van der Waals surface area contributed by atoms with Crippen LogP contribution in [0.5, 0.6) is 5.75 Å². The number of nitrogens with two attached hydrogens (primary N) is 1. The van der Waals surface area contributed by atoms with Crippen molar-refractivity contribution in [2.24, 2.45) is 10.7 Å². The van der Waals surface area contributed by atoms with E-state index in [1.165, 1.54) is 4.31 Å². The molecule has 0 radical (unpaired) electrons. The first-order valence-corrected chi connectivity index (χ1v) is 9.96. The third-order valence-corrected chi connectivity index (χ3v) is 6.18. The van der Waals surface area contributed by atoms with Crippen LogP contribution in [-0.2, 0) is 16.6 Å². The molecule has 0 heterocycles. The summed E-state index contributed by atoms with van der Waals surface area (Å²) in [5.41, 5.74) is 7.50. The number of methoxy groups -OCH3 is 1. The lowest BCUT2D eigenvalue weighted by Gasteiger charge is -2.21. The van der Waals surface area contributed by atoms with Crippen molar-refractivity contribution >= 4 is 45.6 Å². The predicted molar refractivity (Wildman–Crippen MR) is 124 cm³/mol. The van der Waals surface area contributed by atoms with Gasteiger partial charge in [0.05, 0.1) is 24.2 Å². The second kappa shape index (κ2) is 10.6. The van der Waals surface area contributed by atoms with Gasteiger partial charge in [0.15, 0.2) is 5.96 Å². The van der Waals surface area contributed by atoms with Crippen LogP contribution in [0.3, 0.4) is 0 Å². The topological polar surface area (TPSA) is 97.0 Å². The van der Waals surface area contributed by atoms with Crippen molar-refractivity contribution in [2.75, 3.05) is 19.5 Å². The quantitative estimate of drug-likeness (QED) is 0.333. The molecule has 154 valence electrons. The van der Waals surface area contributed by atoms with Crippen molar-refractivity contribution < 1.29 is 13.2 Å². The number of anilines is 1. The monoisotopic (exact) mass is 518 g/mol. The van der Waals surface area contributed by atoms with E-state index in [2.05, 4.69) is 10.3 Å². The Morgan fingerprint density at radius 1 is 1.18 bits per heavy atom. The van der Waals surface area contributed by atoms with Gasteiger partial charge in [0, 0.05) is 13.1 Å². The zero-order valence-electron chi connectivity index (χ0n) is 16.4. The van der Waals surface area contributed by atoms with Crippen molar-refractivity contribution in [1.82, 2.24) is 4.31 Å². The van der Waals surface area contributed by atoms with Crippen LogP contribution in [0.4, 0.5) is 5.69 Å². The summed E-state index contributed by atoms with van der Waals surface area (Å²) in [6.07, 6.45) is 0. The Morgan fingerprint density at radius 3 is 2.36 bits per heavy atom. The Morgan fingerprint density at radius 2 is 1.79 bits per heavy atom. The summed E-state index contributed by atoms with van der Waals surface area (Å²) in [5, 5.41) is 2.99.